The standard InChI is InChI=1S/C21H24ClN3S2/c1-21(2,3)16-7-5-15(6-8-16)19-23-24-20(25(19)4)27-14-13-26-18-11-9-17(22)10-12-18/h5-12H,13-14H2,1-4H3. The molecule has 3 aromatic rings. The number of aromatic nitrogens is 3. The number of halogens is 1. The smallest absolute Gasteiger partial charge is 0.191 e. The van der Waals surface area contributed by atoms with E-state index in [1.165, 1.54) is 10.5 Å². The normalized spacial score (nSPS) is 11.7. The van der Waals surface area contributed by atoms with Crippen molar-refractivity contribution in [2.24, 2.45) is 7.05 Å². The maximum absolute atomic E-state index is 5.92. The average molecular weight is 418 g/mol. The summed E-state index contributed by atoms with van der Waals surface area (Å²) >= 11 is 9.48. The quantitative estimate of drug-likeness (QED) is 0.347. The van der Waals surface area contributed by atoms with Crippen molar-refractivity contribution in [1.29, 1.82) is 0 Å². The predicted octanol–water partition coefficient (Wildman–Crippen LogP) is 6.32. The molecule has 0 saturated carbocycles. The topological polar surface area (TPSA) is 30.7 Å². The summed E-state index contributed by atoms with van der Waals surface area (Å²) in [5.74, 6) is 2.89. The minimum absolute atomic E-state index is 0.154. The van der Waals surface area contributed by atoms with Crippen molar-refractivity contribution in [3.8, 4) is 11.4 Å². The van der Waals surface area contributed by atoms with Crippen LogP contribution in [0.4, 0.5) is 0 Å². The van der Waals surface area contributed by atoms with Crippen molar-refractivity contribution in [2.45, 2.75) is 36.2 Å². The first-order valence-electron chi connectivity index (χ1n) is 8.86. The lowest BCUT2D eigenvalue weighted by Crippen LogP contribution is -2.10. The molecule has 0 atom stereocenters. The van der Waals surface area contributed by atoms with E-state index in [1.807, 2.05) is 30.9 Å². The van der Waals surface area contributed by atoms with E-state index in [-0.39, 0.29) is 5.41 Å². The number of hydrogen-bond donors (Lipinski definition) is 0. The fourth-order valence-electron chi connectivity index (χ4n) is 2.63. The summed E-state index contributed by atoms with van der Waals surface area (Å²) in [5.41, 5.74) is 2.57. The molecular weight excluding hydrogens is 394 g/mol. The molecule has 2 aromatic carbocycles. The van der Waals surface area contributed by atoms with Crippen LogP contribution in [0.25, 0.3) is 11.4 Å². The molecule has 0 bridgehead atoms. The van der Waals surface area contributed by atoms with Gasteiger partial charge in [0, 0.05) is 34.0 Å². The molecule has 0 fully saturated rings. The Balaban J connectivity index is 1.59. The lowest BCUT2D eigenvalue weighted by molar-refractivity contribution is 0.590. The Morgan fingerprint density at radius 1 is 0.889 bits per heavy atom. The van der Waals surface area contributed by atoms with E-state index in [1.54, 1.807) is 11.8 Å². The second kappa shape index (κ2) is 8.72. The first kappa shape index (κ1) is 20.3. The van der Waals surface area contributed by atoms with Gasteiger partial charge >= 0.3 is 0 Å². The number of hydrogen-bond acceptors (Lipinski definition) is 4. The van der Waals surface area contributed by atoms with Crippen LogP contribution in [-0.2, 0) is 12.5 Å². The molecular formula is C21H24ClN3S2. The molecule has 1 heterocycles. The molecule has 3 nitrogen and oxygen atoms in total. The number of rotatable bonds is 6. The maximum Gasteiger partial charge on any atom is 0.191 e. The van der Waals surface area contributed by atoms with Crippen molar-refractivity contribution in [3.63, 3.8) is 0 Å². The molecule has 0 unspecified atom stereocenters. The molecule has 1 aromatic heterocycles. The molecule has 0 radical (unpaired) electrons. The highest BCUT2D eigenvalue weighted by atomic mass is 35.5. The zero-order valence-electron chi connectivity index (χ0n) is 16.1. The van der Waals surface area contributed by atoms with Crippen LogP contribution in [0.5, 0.6) is 0 Å². The third-order valence-corrected chi connectivity index (χ3v) is 6.79. The molecule has 0 aliphatic carbocycles. The third kappa shape index (κ3) is 5.31. The van der Waals surface area contributed by atoms with Gasteiger partial charge in [0.2, 0.25) is 0 Å². The summed E-state index contributed by atoms with van der Waals surface area (Å²) in [6, 6.07) is 16.6. The Bertz CT molecular complexity index is 881. The molecule has 6 heteroatoms. The van der Waals surface area contributed by atoms with E-state index in [4.69, 9.17) is 11.6 Å². The molecule has 0 N–H and O–H groups in total. The first-order chi connectivity index (χ1) is 12.8. The Hall–Kier alpha value is -1.43. The third-order valence-electron chi connectivity index (χ3n) is 4.24. The highest BCUT2D eigenvalue weighted by Crippen LogP contribution is 2.28. The van der Waals surface area contributed by atoms with Crippen LogP contribution in [0.2, 0.25) is 5.02 Å². The van der Waals surface area contributed by atoms with Crippen LogP contribution in [0.3, 0.4) is 0 Å². The summed E-state index contributed by atoms with van der Waals surface area (Å²) in [4.78, 5) is 1.23. The van der Waals surface area contributed by atoms with Crippen LogP contribution in [0, 0.1) is 0 Å². The molecule has 0 aliphatic heterocycles. The summed E-state index contributed by atoms with van der Waals surface area (Å²) < 4.78 is 2.07. The monoisotopic (exact) mass is 417 g/mol. The SMILES string of the molecule is Cn1c(SCCSc2ccc(Cl)cc2)nnc1-c1ccc(C(C)(C)C)cc1. The molecule has 0 aliphatic rings. The van der Waals surface area contributed by atoms with Crippen molar-refractivity contribution in [1.82, 2.24) is 14.8 Å². The Kier molecular flexibility index (Phi) is 6.56. The fourth-order valence-corrected chi connectivity index (χ4v) is 4.55. The minimum Gasteiger partial charge on any atom is -0.305 e. The highest BCUT2D eigenvalue weighted by Gasteiger charge is 2.15. The molecule has 3 rings (SSSR count). The molecule has 27 heavy (non-hydrogen) atoms. The highest BCUT2D eigenvalue weighted by molar-refractivity contribution is 8.02. The van der Waals surface area contributed by atoms with Gasteiger partial charge < -0.3 is 4.57 Å². The van der Waals surface area contributed by atoms with Gasteiger partial charge in [-0.1, -0.05) is 68.4 Å². The van der Waals surface area contributed by atoms with Crippen molar-refractivity contribution in [3.05, 3.63) is 59.1 Å². The van der Waals surface area contributed by atoms with Gasteiger partial charge in [0.25, 0.3) is 0 Å². The zero-order valence-corrected chi connectivity index (χ0v) is 18.5. The Labute approximate surface area is 174 Å². The average Bonchev–Trinajstić information content (AvgIpc) is 3.00. The van der Waals surface area contributed by atoms with Gasteiger partial charge in [-0.3, -0.25) is 0 Å². The molecule has 142 valence electrons. The number of benzene rings is 2. The van der Waals surface area contributed by atoms with E-state index in [0.717, 1.165) is 33.1 Å². The summed E-state index contributed by atoms with van der Waals surface area (Å²) in [7, 11) is 2.03. The van der Waals surface area contributed by atoms with Crippen molar-refractivity contribution < 1.29 is 0 Å². The van der Waals surface area contributed by atoms with Crippen molar-refractivity contribution in [2.75, 3.05) is 11.5 Å². The van der Waals surface area contributed by atoms with Crippen LogP contribution in [0.15, 0.2) is 58.6 Å². The lowest BCUT2D eigenvalue weighted by atomic mass is 9.87. The van der Waals surface area contributed by atoms with Crippen LogP contribution in [-0.4, -0.2) is 26.3 Å². The van der Waals surface area contributed by atoms with E-state index >= 15 is 0 Å². The van der Waals surface area contributed by atoms with Crippen LogP contribution >= 0.6 is 35.1 Å². The van der Waals surface area contributed by atoms with Crippen molar-refractivity contribution >= 4 is 35.1 Å². The number of nitrogens with zero attached hydrogens (tertiary/aromatic N) is 3. The first-order valence-corrected chi connectivity index (χ1v) is 11.2. The van der Waals surface area contributed by atoms with Gasteiger partial charge in [-0.25, -0.2) is 0 Å². The zero-order chi connectivity index (χ0) is 19.4. The van der Waals surface area contributed by atoms with Gasteiger partial charge in [-0.05, 0) is 35.2 Å². The van der Waals surface area contributed by atoms with Crippen LogP contribution in [0.1, 0.15) is 26.3 Å². The Morgan fingerprint density at radius 3 is 2.15 bits per heavy atom. The molecule has 0 spiro atoms. The van der Waals surface area contributed by atoms with Gasteiger partial charge in [-0.2, -0.15) is 0 Å². The summed E-state index contributed by atoms with van der Waals surface area (Å²) in [5, 5.41) is 10.5. The minimum atomic E-state index is 0.154. The van der Waals surface area contributed by atoms with E-state index in [0.29, 0.717) is 0 Å². The van der Waals surface area contributed by atoms with Gasteiger partial charge in [0.15, 0.2) is 11.0 Å². The molecule has 0 amide bonds. The second-order valence-corrected chi connectivity index (χ2v) is 10.0. The van der Waals surface area contributed by atoms with Gasteiger partial charge in [0.05, 0.1) is 0 Å². The van der Waals surface area contributed by atoms with Gasteiger partial charge in [0.1, 0.15) is 0 Å². The summed E-state index contributed by atoms with van der Waals surface area (Å²) in [6.45, 7) is 6.67. The van der Waals surface area contributed by atoms with Crippen LogP contribution < -0.4 is 0 Å². The fraction of sp³-hybridized carbons (Fsp3) is 0.333. The van der Waals surface area contributed by atoms with E-state index in [9.17, 15) is 0 Å². The second-order valence-electron chi connectivity index (χ2n) is 7.34. The lowest BCUT2D eigenvalue weighted by Gasteiger charge is -2.19. The maximum atomic E-state index is 5.92. The van der Waals surface area contributed by atoms with Gasteiger partial charge in [-0.15, -0.1) is 22.0 Å². The summed E-state index contributed by atoms with van der Waals surface area (Å²) in [6.07, 6.45) is 0. The predicted molar refractivity (Wildman–Crippen MR) is 118 cm³/mol. The number of thioether (sulfide) groups is 2. The Morgan fingerprint density at radius 2 is 1.52 bits per heavy atom. The van der Waals surface area contributed by atoms with E-state index < -0.39 is 0 Å². The molecule has 0 saturated heterocycles. The largest absolute Gasteiger partial charge is 0.305 e. The van der Waals surface area contributed by atoms with E-state index in [2.05, 4.69) is 71.9 Å².